The van der Waals surface area contributed by atoms with Crippen LogP contribution >= 0.6 is 0 Å². The third kappa shape index (κ3) is 33.3. The number of fused-ring (bicyclic) bond motifs is 6. The highest BCUT2D eigenvalue weighted by atomic mass is 16.8. The first-order valence-electron chi connectivity index (χ1n) is 43.7. The van der Waals surface area contributed by atoms with E-state index in [9.17, 15) is 64.2 Å². The summed E-state index contributed by atoms with van der Waals surface area (Å²) in [5.74, 6) is -2.31. The van der Waals surface area contributed by atoms with Crippen molar-refractivity contribution in [2.45, 2.75) is 208 Å². The van der Waals surface area contributed by atoms with Crippen LogP contribution in [0, 0.1) is 0 Å². The Labute approximate surface area is 745 Å². The molecular formula is C80H129N15O34. The summed E-state index contributed by atoms with van der Waals surface area (Å²) in [4.78, 5) is 86.7. The molecular weight excluding hydrogens is 1710 g/mol. The van der Waals surface area contributed by atoms with Crippen molar-refractivity contribution in [1.29, 1.82) is 0 Å². The Morgan fingerprint density at radius 3 is 1.02 bits per heavy atom. The van der Waals surface area contributed by atoms with E-state index in [1.54, 1.807) is 32.6 Å². The van der Waals surface area contributed by atoms with Crippen molar-refractivity contribution in [3.63, 3.8) is 0 Å². The number of imide groups is 1. The molecule has 49 nitrogen and oxygen atoms in total. The van der Waals surface area contributed by atoms with Gasteiger partial charge in [-0.3, -0.25) is 38.5 Å². The van der Waals surface area contributed by atoms with Gasteiger partial charge in [-0.2, -0.15) is 0 Å². The molecule has 0 aromatic carbocycles. The Bertz CT molecular complexity index is 3550. The first kappa shape index (κ1) is 104. The van der Waals surface area contributed by atoms with E-state index in [0.29, 0.717) is 108 Å². The monoisotopic (exact) mass is 1840 g/mol. The molecule has 6 bridgehead atoms. The molecule has 3 aromatic rings. The van der Waals surface area contributed by atoms with Crippen molar-refractivity contribution >= 4 is 41.4 Å². The van der Waals surface area contributed by atoms with E-state index in [0.717, 1.165) is 0 Å². The van der Waals surface area contributed by atoms with E-state index in [1.165, 1.54) is 37.8 Å². The molecule has 7 amide bonds. The van der Waals surface area contributed by atoms with Gasteiger partial charge in [0.2, 0.25) is 29.5 Å². The highest BCUT2D eigenvalue weighted by Gasteiger charge is 2.62. The fourth-order valence-electron chi connectivity index (χ4n) is 14.9. The molecule has 49 heteroatoms. The van der Waals surface area contributed by atoms with Gasteiger partial charge in [-0.05, 0) is 25.7 Å². The summed E-state index contributed by atoms with van der Waals surface area (Å²) >= 11 is 0. The maximum absolute atomic E-state index is 14.2. The molecule has 6 saturated heterocycles. The molecule has 10 heterocycles. The van der Waals surface area contributed by atoms with Crippen molar-refractivity contribution in [3.05, 3.63) is 47.8 Å². The van der Waals surface area contributed by atoms with Crippen LogP contribution in [0.5, 0.6) is 0 Å². The minimum atomic E-state index is -1.35. The number of aliphatic hydroxyl groups excluding tert-OH is 6. The predicted molar refractivity (Wildman–Crippen MR) is 435 cm³/mol. The van der Waals surface area contributed by atoms with Crippen LogP contribution in [0.4, 0.5) is 0 Å². The third-order valence-corrected chi connectivity index (χ3v) is 21.6. The van der Waals surface area contributed by atoms with E-state index < -0.39 is 114 Å². The van der Waals surface area contributed by atoms with Crippen LogP contribution in [0.15, 0.2) is 30.7 Å². The highest BCUT2D eigenvalue weighted by Crippen LogP contribution is 2.40. The van der Waals surface area contributed by atoms with Crippen LogP contribution in [-0.2, 0) is 172 Å². The average Bonchev–Trinajstić information content (AvgIpc) is 1.61. The third-order valence-electron chi connectivity index (χ3n) is 21.6. The Balaban J connectivity index is 0.652. The molecule has 11 N–H and O–H groups in total. The Hall–Kier alpha value is -7.43. The summed E-state index contributed by atoms with van der Waals surface area (Å²) < 4.78 is 127. The van der Waals surface area contributed by atoms with Crippen molar-refractivity contribution < 1.29 is 164 Å². The van der Waals surface area contributed by atoms with Gasteiger partial charge in [0.25, 0.3) is 11.8 Å². The quantitative estimate of drug-likeness (QED) is 0.0185. The smallest absolute Gasteiger partial charge is 0.253 e. The molecule has 15 atom stereocenters. The maximum Gasteiger partial charge on any atom is 0.253 e. The second-order valence-corrected chi connectivity index (χ2v) is 32.1. The molecule has 3 aromatic heterocycles. The summed E-state index contributed by atoms with van der Waals surface area (Å²) in [7, 11) is 0. The van der Waals surface area contributed by atoms with Crippen molar-refractivity contribution in [2.75, 3.05) is 211 Å². The van der Waals surface area contributed by atoms with Gasteiger partial charge in [-0.15, -0.1) is 15.3 Å². The number of carbonyl (C=O) groups is 7. The lowest BCUT2D eigenvalue weighted by atomic mass is 9.88. The summed E-state index contributed by atoms with van der Waals surface area (Å²) in [6.45, 7) is 10.3. The van der Waals surface area contributed by atoms with Gasteiger partial charge in [0.1, 0.15) is 94.2 Å². The minimum absolute atomic E-state index is 0.0222. The molecule has 6 fully saturated rings. The number of nitrogens with zero attached hydrogens (tertiary/aromatic N) is 10. The van der Waals surface area contributed by atoms with Crippen molar-refractivity contribution in [3.8, 4) is 0 Å². The lowest BCUT2D eigenvalue weighted by Gasteiger charge is -2.42. The Kier molecular flexibility index (Phi) is 43.9. The number of rotatable bonds is 70. The van der Waals surface area contributed by atoms with E-state index in [-0.39, 0.29) is 235 Å². The number of ether oxygens (including phenoxy) is 21. The zero-order valence-corrected chi connectivity index (χ0v) is 73.4. The number of aromatic nitrogens is 9. The number of hydrogen-bond acceptors (Lipinski definition) is 40. The fourth-order valence-corrected chi connectivity index (χ4v) is 14.9. The summed E-state index contributed by atoms with van der Waals surface area (Å²) in [5.41, 5.74) is -3.75. The molecule has 0 aliphatic carbocycles. The van der Waals surface area contributed by atoms with Gasteiger partial charge in [0.15, 0.2) is 18.9 Å². The first-order chi connectivity index (χ1) is 62.5. The van der Waals surface area contributed by atoms with Crippen LogP contribution in [0.2, 0.25) is 0 Å². The number of unbranched alkanes of at least 4 members (excludes halogenated alkanes) is 4. The Morgan fingerprint density at radius 1 is 0.395 bits per heavy atom. The van der Waals surface area contributed by atoms with Gasteiger partial charge in [-0.1, -0.05) is 28.5 Å². The second kappa shape index (κ2) is 54.7. The van der Waals surface area contributed by atoms with Crippen LogP contribution in [0.3, 0.4) is 0 Å². The highest BCUT2D eigenvalue weighted by molar-refractivity contribution is 6.12. The number of amides is 7. The molecule has 0 saturated carbocycles. The zero-order chi connectivity index (χ0) is 91.7. The first-order valence-corrected chi connectivity index (χ1v) is 43.7. The van der Waals surface area contributed by atoms with Crippen LogP contribution in [-0.4, -0.2) is 429 Å². The minimum Gasteiger partial charge on any atom is -0.388 e. The van der Waals surface area contributed by atoms with Crippen LogP contribution in [0.1, 0.15) is 89.2 Å². The SMILES string of the molecule is CC(=O)N[C@H]1[C@@H]2OC[C@](COCCOCCOCCOCCn3cc(COCC(COCc4cn(CCOCCOCCOCCOC[C@@]56CO[C@@H](O5)[C@H](NC(C)=O)[C@@H](O)[C@H]6O)nn4)(COCc4cn(CCOCCOCCOCCOC[C@@]56CO[C@@H](O5)[C@H](NC(C)=O)[C@@H](O)[C@H]6O)nn4)NC(=O)CCCCCNC(=O)CCCCCN4C(=O)C=CC4=O)nn3)(O2)[C@H](O)[C@@H]1O. The van der Waals surface area contributed by atoms with E-state index >= 15 is 0 Å². The predicted octanol–water partition coefficient (Wildman–Crippen LogP) is -6.32. The maximum atomic E-state index is 14.2. The van der Waals surface area contributed by atoms with Gasteiger partial charge >= 0.3 is 0 Å². The molecule has 0 spiro atoms. The Morgan fingerprint density at radius 2 is 0.698 bits per heavy atom. The second-order valence-electron chi connectivity index (χ2n) is 32.1. The molecule has 0 radical (unpaired) electrons. The standard InChI is InChI=1S/C80H129N15O34/c1-55(96)82-65-68(103)71(106)78(52-124-74(65)127-78)49-118-37-34-115-31-28-112-25-22-109-19-16-92-40-58(86-89-92)43-121-46-77(85-62(100)11-6-4-8-14-81-61(99)10-7-5-9-15-95-63(101)12-13-64(95)102,47-122-44-59-41-93(90-87-59)17-20-110-23-26-113-29-32-116-35-38-119-50-79-53-125-75(128-79)66(83-56(2)97)69(104)72(79)107)48-123-45-60-42-94(91-88-60)18-21-111-24-27-114-30-33-117-36-39-120-51-80-54-126-76(129-80)67(84-57(3)98)70(105)73(80)108/h12-13,40-42,65-76,103-108H,4-11,14-39,43-54H2,1-3H3,(H,81,99)(H,82,96)(H,83,97)(H,84,98)(H,85,100)/t65-,66-,67-,68-,69-,70-,71-,72-,73-,74-,75+,76+,78+,79+,80+/m1/s1. The fraction of sp³-hybridized carbons (Fsp3) is 0.812. The van der Waals surface area contributed by atoms with Gasteiger partial charge < -0.3 is 157 Å². The molecule has 0 unspecified atom stereocenters. The molecule has 7 aliphatic rings. The summed E-state index contributed by atoms with van der Waals surface area (Å²) in [5, 5.41) is 104. The average molecular weight is 1840 g/mol. The number of aliphatic hydroxyl groups is 6. The van der Waals surface area contributed by atoms with Gasteiger partial charge in [-0.25, -0.2) is 14.0 Å². The summed E-state index contributed by atoms with van der Waals surface area (Å²) in [6, 6.07) is -2.75. The summed E-state index contributed by atoms with van der Waals surface area (Å²) in [6.07, 6.45) is 0.811. The number of hydrogen-bond donors (Lipinski definition) is 11. The molecule has 10 rings (SSSR count). The van der Waals surface area contributed by atoms with Crippen LogP contribution in [0.25, 0.3) is 0 Å². The lowest BCUT2D eigenvalue weighted by molar-refractivity contribution is -0.238. The number of nitrogens with one attached hydrogen (secondary N) is 5. The van der Waals surface area contributed by atoms with Crippen molar-refractivity contribution in [2.24, 2.45) is 0 Å². The van der Waals surface area contributed by atoms with Crippen molar-refractivity contribution in [1.82, 2.24) is 76.5 Å². The van der Waals surface area contributed by atoms with E-state index in [4.69, 9.17) is 99.5 Å². The van der Waals surface area contributed by atoms with E-state index in [2.05, 4.69) is 57.5 Å². The number of carbonyl (C=O) groups excluding carboxylic acids is 7. The zero-order valence-electron chi connectivity index (χ0n) is 73.4. The topological polar surface area (TPSA) is 590 Å². The molecule has 728 valence electrons. The lowest BCUT2D eigenvalue weighted by Crippen LogP contribution is -2.66. The van der Waals surface area contributed by atoms with E-state index in [1.807, 2.05) is 0 Å². The molecule has 7 aliphatic heterocycles. The van der Waals surface area contributed by atoms with Crippen LogP contribution < -0.4 is 26.6 Å². The molecule has 129 heavy (non-hydrogen) atoms. The van der Waals surface area contributed by atoms with Gasteiger partial charge in [0, 0.05) is 58.9 Å². The normalized spacial score (nSPS) is 25.8. The largest absolute Gasteiger partial charge is 0.388 e. The van der Waals surface area contributed by atoms with Gasteiger partial charge in [0.05, 0.1) is 256 Å².